The second-order valence-electron chi connectivity index (χ2n) is 6.20. The first-order chi connectivity index (χ1) is 11.5. The summed E-state index contributed by atoms with van der Waals surface area (Å²) in [6, 6.07) is 7.94. The molecule has 1 aromatic carbocycles. The van der Waals surface area contributed by atoms with Gasteiger partial charge in [0, 0.05) is 48.6 Å². The fourth-order valence-electron chi connectivity index (χ4n) is 2.86. The first-order valence-corrected chi connectivity index (χ1v) is 8.79. The van der Waals surface area contributed by atoms with E-state index in [1.807, 2.05) is 32.0 Å². The Hall–Kier alpha value is -1.85. The van der Waals surface area contributed by atoms with Gasteiger partial charge in [0.05, 0.1) is 0 Å². The highest BCUT2D eigenvalue weighted by molar-refractivity contribution is 6.31. The predicted octanol–water partition coefficient (Wildman–Crippen LogP) is 3.63. The van der Waals surface area contributed by atoms with Gasteiger partial charge in [0.2, 0.25) is 5.95 Å². The molecule has 1 aliphatic heterocycles. The molecule has 0 amide bonds. The Morgan fingerprint density at radius 1 is 1.08 bits per heavy atom. The Labute approximate surface area is 148 Å². The lowest BCUT2D eigenvalue weighted by atomic mass is 10.2. The zero-order valence-electron chi connectivity index (χ0n) is 14.5. The van der Waals surface area contributed by atoms with Crippen molar-refractivity contribution in [2.24, 2.45) is 0 Å². The van der Waals surface area contributed by atoms with Crippen LogP contribution in [0.25, 0.3) is 0 Å². The molecule has 128 valence electrons. The van der Waals surface area contributed by atoms with Crippen LogP contribution in [0.15, 0.2) is 24.3 Å². The summed E-state index contributed by atoms with van der Waals surface area (Å²) >= 11 is 6.20. The first-order valence-electron chi connectivity index (χ1n) is 8.41. The number of anilines is 3. The van der Waals surface area contributed by atoms with Crippen molar-refractivity contribution in [1.82, 2.24) is 14.9 Å². The van der Waals surface area contributed by atoms with Gasteiger partial charge in [0.15, 0.2) is 0 Å². The number of aromatic nitrogens is 2. The van der Waals surface area contributed by atoms with Crippen molar-refractivity contribution in [2.45, 2.75) is 20.8 Å². The first kappa shape index (κ1) is 17.0. The van der Waals surface area contributed by atoms with E-state index in [-0.39, 0.29) is 0 Å². The highest BCUT2D eigenvalue weighted by Crippen LogP contribution is 2.23. The van der Waals surface area contributed by atoms with E-state index >= 15 is 0 Å². The number of hydrogen-bond acceptors (Lipinski definition) is 5. The van der Waals surface area contributed by atoms with Crippen molar-refractivity contribution >= 4 is 29.1 Å². The third kappa shape index (κ3) is 3.97. The van der Waals surface area contributed by atoms with Gasteiger partial charge in [0.25, 0.3) is 0 Å². The maximum Gasteiger partial charge on any atom is 0.229 e. The number of nitrogens with one attached hydrogen (secondary N) is 1. The minimum absolute atomic E-state index is 0.614. The molecule has 0 saturated carbocycles. The van der Waals surface area contributed by atoms with Crippen molar-refractivity contribution in [3.05, 3.63) is 40.5 Å². The van der Waals surface area contributed by atoms with Crippen LogP contribution in [0.2, 0.25) is 5.02 Å². The second kappa shape index (κ2) is 7.36. The molecule has 1 saturated heterocycles. The van der Waals surface area contributed by atoms with Gasteiger partial charge in [-0.25, -0.2) is 4.98 Å². The molecule has 2 aromatic rings. The molecule has 1 aromatic heterocycles. The summed E-state index contributed by atoms with van der Waals surface area (Å²) in [6.07, 6.45) is 0. The second-order valence-corrected chi connectivity index (χ2v) is 6.61. The van der Waals surface area contributed by atoms with Gasteiger partial charge in [-0.1, -0.05) is 24.6 Å². The van der Waals surface area contributed by atoms with Crippen molar-refractivity contribution in [3.8, 4) is 0 Å². The highest BCUT2D eigenvalue weighted by Gasteiger charge is 2.17. The lowest BCUT2D eigenvalue weighted by Gasteiger charge is -2.34. The van der Waals surface area contributed by atoms with Gasteiger partial charge in [0.1, 0.15) is 5.82 Å². The zero-order chi connectivity index (χ0) is 17.1. The van der Waals surface area contributed by atoms with E-state index in [0.717, 1.165) is 60.5 Å². The van der Waals surface area contributed by atoms with E-state index < -0.39 is 0 Å². The molecule has 0 bridgehead atoms. The van der Waals surface area contributed by atoms with Gasteiger partial charge in [-0.05, 0) is 38.1 Å². The van der Waals surface area contributed by atoms with Crippen LogP contribution in [-0.4, -0.2) is 47.6 Å². The number of benzene rings is 1. The zero-order valence-corrected chi connectivity index (χ0v) is 15.3. The summed E-state index contributed by atoms with van der Waals surface area (Å²) in [5, 5.41) is 4.01. The molecule has 6 heteroatoms. The third-order valence-corrected chi connectivity index (χ3v) is 4.82. The summed E-state index contributed by atoms with van der Waals surface area (Å²) in [5.41, 5.74) is 2.92. The summed E-state index contributed by atoms with van der Waals surface area (Å²) in [5.74, 6) is 1.60. The van der Waals surface area contributed by atoms with Gasteiger partial charge in [-0.15, -0.1) is 0 Å². The standard InChI is InChI=1S/C18H24ClN5/c1-4-23-7-9-24(10-8-23)17-11-14(3)20-18(22-17)21-15-6-5-13(2)16(19)12-15/h5-6,11-12H,4,7-10H2,1-3H3,(H,20,21,22). The maximum atomic E-state index is 6.20. The molecule has 0 radical (unpaired) electrons. The molecule has 1 aliphatic rings. The van der Waals surface area contributed by atoms with Crippen LogP contribution in [0, 0.1) is 13.8 Å². The minimum atomic E-state index is 0.614. The molecule has 0 atom stereocenters. The molecule has 3 rings (SSSR count). The normalized spacial score (nSPS) is 15.6. The fourth-order valence-corrected chi connectivity index (χ4v) is 3.04. The third-order valence-electron chi connectivity index (χ3n) is 4.41. The monoisotopic (exact) mass is 345 g/mol. The summed E-state index contributed by atoms with van der Waals surface area (Å²) in [7, 11) is 0. The Kier molecular flexibility index (Phi) is 5.21. The SMILES string of the molecule is CCN1CCN(c2cc(C)nc(Nc3ccc(C)c(Cl)c3)n2)CC1. The molecule has 5 nitrogen and oxygen atoms in total. The van der Waals surface area contributed by atoms with E-state index in [9.17, 15) is 0 Å². The molecule has 2 heterocycles. The van der Waals surface area contributed by atoms with Crippen molar-refractivity contribution in [3.63, 3.8) is 0 Å². The molecule has 1 fully saturated rings. The molecule has 0 aliphatic carbocycles. The highest BCUT2D eigenvalue weighted by atomic mass is 35.5. The molecule has 1 N–H and O–H groups in total. The minimum Gasteiger partial charge on any atom is -0.354 e. The molecular weight excluding hydrogens is 322 g/mol. The Bertz CT molecular complexity index is 711. The molecule has 0 spiro atoms. The van der Waals surface area contributed by atoms with Crippen LogP contribution in [0.5, 0.6) is 0 Å². The van der Waals surface area contributed by atoms with E-state index in [2.05, 4.69) is 33.1 Å². The number of likely N-dealkylation sites (N-methyl/N-ethyl adjacent to an activating group) is 1. The van der Waals surface area contributed by atoms with E-state index in [0.29, 0.717) is 5.95 Å². The van der Waals surface area contributed by atoms with Crippen LogP contribution >= 0.6 is 11.6 Å². The average molecular weight is 346 g/mol. The average Bonchev–Trinajstić information content (AvgIpc) is 2.58. The lowest BCUT2D eigenvalue weighted by molar-refractivity contribution is 0.270. The Morgan fingerprint density at radius 2 is 1.83 bits per heavy atom. The number of nitrogens with zero attached hydrogens (tertiary/aromatic N) is 4. The van der Waals surface area contributed by atoms with Crippen LogP contribution in [0.3, 0.4) is 0 Å². The topological polar surface area (TPSA) is 44.3 Å². The summed E-state index contributed by atoms with van der Waals surface area (Å²) in [6.45, 7) is 11.5. The number of halogens is 1. The van der Waals surface area contributed by atoms with E-state index in [1.54, 1.807) is 0 Å². The van der Waals surface area contributed by atoms with Gasteiger partial charge >= 0.3 is 0 Å². The number of aryl methyl sites for hydroxylation is 2. The maximum absolute atomic E-state index is 6.20. The van der Waals surface area contributed by atoms with Crippen LogP contribution < -0.4 is 10.2 Å². The fraction of sp³-hybridized carbons (Fsp3) is 0.444. The number of rotatable bonds is 4. The number of hydrogen-bond donors (Lipinski definition) is 1. The lowest BCUT2D eigenvalue weighted by Crippen LogP contribution is -2.46. The van der Waals surface area contributed by atoms with E-state index in [4.69, 9.17) is 16.6 Å². The predicted molar refractivity (Wildman–Crippen MR) is 101 cm³/mol. The molecule has 0 unspecified atom stereocenters. The molecule has 24 heavy (non-hydrogen) atoms. The van der Waals surface area contributed by atoms with Gasteiger partial charge < -0.3 is 15.1 Å². The van der Waals surface area contributed by atoms with Crippen molar-refractivity contribution in [1.29, 1.82) is 0 Å². The quantitative estimate of drug-likeness (QED) is 0.916. The Morgan fingerprint density at radius 3 is 2.50 bits per heavy atom. The van der Waals surface area contributed by atoms with Crippen LogP contribution in [0.1, 0.15) is 18.2 Å². The van der Waals surface area contributed by atoms with Crippen molar-refractivity contribution in [2.75, 3.05) is 42.9 Å². The van der Waals surface area contributed by atoms with Crippen LogP contribution in [0.4, 0.5) is 17.5 Å². The summed E-state index contributed by atoms with van der Waals surface area (Å²) < 4.78 is 0. The largest absolute Gasteiger partial charge is 0.354 e. The van der Waals surface area contributed by atoms with Crippen molar-refractivity contribution < 1.29 is 0 Å². The van der Waals surface area contributed by atoms with Gasteiger partial charge in [-0.2, -0.15) is 4.98 Å². The van der Waals surface area contributed by atoms with Gasteiger partial charge in [-0.3, -0.25) is 0 Å². The smallest absolute Gasteiger partial charge is 0.229 e. The number of piperazine rings is 1. The summed E-state index contributed by atoms with van der Waals surface area (Å²) in [4.78, 5) is 14.0. The Balaban J connectivity index is 1.77. The molecular formula is C18H24ClN5. The van der Waals surface area contributed by atoms with E-state index in [1.165, 1.54) is 0 Å². The van der Waals surface area contributed by atoms with Crippen LogP contribution in [-0.2, 0) is 0 Å².